The molecule has 1 aliphatic rings. The number of ether oxygens (including phenoxy) is 2. The molecule has 0 spiro atoms. The number of nitrogens with one attached hydrogen (secondary N) is 2. The molecular formula is C21H31IN4O3. The zero-order valence-electron chi connectivity index (χ0n) is 17.4. The lowest BCUT2D eigenvalue weighted by molar-refractivity contribution is 0.256. The minimum absolute atomic E-state index is 0. The Labute approximate surface area is 189 Å². The van der Waals surface area contributed by atoms with Crippen LogP contribution in [-0.2, 0) is 19.4 Å². The lowest BCUT2D eigenvalue weighted by Gasteiger charge is -2.29. The molecule has 0 fully saturated rings. The summed E-state index contributed by atoms with van der Waals surface area (Å²) in [5.74, 6) is 3.39. The first-order valence-corrected chi connectivity index (χ1v) is 9.66. The van der Waals surface area contributed by atoms with E-state index in [1.54, 1.807) is 27.5 Å². The molecule has 0 saturated carbocycles. The zero-order chi connectivity index (χ0) is 19.8. The number of rotatable bonds is 8. The highest BCUT2D eigenvalue weighted by Gasteiger charge is 2.19. The first kappa shape index (κ1) is 23.3. The first-order valence-electron chi connectivity index (χ1n) is 9.66. The van der Waals surface area contributed by atoms with Gasteiger partial charge in [0.1, 0.15) is 5.76 Å². The highest BCUT2D eigenvalue weighted by atomic mass is 127. The van der Waals surface area contributed by atoms with Crippen LogP contribution in [0.15, 0.2) is 39.9 Å². The number of fused-ring (bicyclic) bond motifs is 1. The van der Waals surface area contributed by atoms with E-state index in [0.29, 0.717) is 0 Å². The number of furan rings is 1. The van der Waals surface area contributed by atoms with Gasteiger partial charge in [-0.05, 0) is 41.8 Å². The van der Waals surface area contributed by atoms with Crippen LogP contribution >= 0.6 is 24.0 Å². The van der Waals surface area contributed by atoms with E-state index in [1.165, 1.54) is 11.1 Å². The summed E-state index contributed by atoms with van der Waals surface area (Å²) in [6, 6.07) is 8.10. The second-order valence-electron chi connectivity index (χ2n) is 6.76. The van der Waals surface area contributed by atoms with Crippen LogP contribution in [0.5, 0.6) is 11.5 Å². The number of hydrogen-bond acceptors (Lipinski definition) is 5. The molecule has 0 bridgehead atoms. The van der Waals surface area contributed by atoms with Gasteiger partial charge in [-0.25, -0.2) is 0 Å². The van der Waals surface area contributed by atoms with Gasteiger partial charge in [0.05, 0.1) is 20.5 Å². The second kappa shape index (κ2) is 11.9. The van der Waals surface area contributed by atoms with Crippen molar-refractivity contribution in [1.82, 2.24) is 15.5 Å². The Morgan fingerprint density at radius 1 is 1.14 bits per heavy atom. The molecule has 0 saturated heterocycles. The van der Waals surface area contributed by atoms with Crippen molar-refractivity contribution in [3.05, 3.63) is 47.4 Å². The quantitative estimate of drug-likeness (QED) is 0.321. The summed E-state index contributed by atoms with van der Waals surface area (Å²) in [4.78, 5) is 6.72. The SMILES string of the molecule is CN=C(NCCc1ccco1)NCCN1CCc2cc(OC)c(OC)cc2C1.I. The Bertz CT molecular complexity index is 780. The summed E-state index contributed by atoms with van der Waals surface area (Å²) in [5.41, 5.74) is 2.65. The fourth-order valence-electron chi connectivity index (χ4n) is 3.44. The molecule has 2 aromatic rings. The standard InChI is InChI=1S/C21H30N4O3.HI/c1-22-21(23-8-6-18-5-4-12-28-18)24-9-11-25-10-7-16-13-19(26-2)20(27-3)14-17(16)15-25;/h4-5,12-14H,6-11,15H2,1-3H3,(H2,22,23,24);1H. The molecule has 7 nitrogen and oxygen atoms in total. The van der Waals surface area contributed by atoms with Crippen molar-refractivity contribution >= 4 is 29.9 Å². The molecule has 3 rings (SSSR count). The average Bonchev–Trinajstić information content (AvgIpc) is 3.25. The van der Waals surface area contributed by atoms with Gasteiger partial charge in [-0.3, -0.25) is 9.89 Å². The van der Waals surface area contributed by atoms with Crippen LogP contribution in [-0.4, -0.2) is 58.3 Å². The minimum Gasteiger partial charge on any atom is -0.493 e. The highest BCUT2D eigenvalue weighted by Crippen LogP contribution is 2.33. The van der Waals surface area contributed by atoms with E-state index in [-0.39, 0.29) is 24.0 Å². The third-order valence-corrected chi connectivity index (χ3v) is 4.99. The van der Waals surface area contributed by atoms with Crippen LogP contribution in [0.4, 0.5) is 0 Å². The predicted molar refractivity (Wildman–Crippen MR) is 126 cm³/mol. The first-order chi connectivity index (χ1) is 13.7. The summed E-state index contributed by atoms with van der Waals surface area (Å²) in [6.07, 6.45) is 3.55. The van der Waals surface area contributed by atoms with E-state index in [1.807, 2.05) is 12.1 Å². The summed E-state index contributed by atoms with van der Waals surface area (Å²) in [6.45, 7) is 4.53. The molecule has 29 heavy (non-hydrogen) atoms. The molecule has 2 heterocycles. The lowest BCUT2D eigenvalue weighted by Crippen LogP contribution is -2.43. The number of methoxy groups -OCH3 is 2. The van der Waals surface area contributed by atoms with E-state index in [4.69, 9.17) is 13.9 Å². The van der Waals surface area contributed by atoms with Gasteiger partial charge in [0.15, 0.2) is 17.5 Å². The van der Waals surface area contributed by atoms with Crippen molar-refractivity contribution in [1.29, 1.82) is 0 Å². The molecule has 0 radical (unpaired) electrons. The number of hydrogen-bond donors (Lipinski definition) is 2. The largest absolute Gasteiger partial charge is 0.493 e. The van der Waals surface area contributed by atoms with E-state index < -0.39 is 0 Å². The molecule has 0 unspecified atom stereocenters. The minimum atomic E-state index is 0. The van der Waals surface area contributed by atoms with Crippen LogP contribution in [0.2, 0.25) is 0 Å². The van der Waals surface area contributed by atoms with Crippen molar-refractivity contribution in [2.45, 2.75) is 19.4 Å². The fraction of sp³-hybridized carbons (Fsp3) is 0.476. The Balaban J connectivity index is 0.00000300. The summed E-state index contributed by atoms with van der Waals surface area (Å²) < 4.78 is 16.2. The maximum absolute atomic E-state index is 5.44. The van der Waals surface area contributed by atoms with Crippen LogP contribution in [0, 0.1) is 0 Å². The van der Waals surface area contributed by atoms with Gasteiger partial charge in [0.25, 0.3) is 0 Å². The van der Waals surface area contributed by atoms with Gasteiger partial charge < -0.3 is 24.5 Å². The van der Waals surface area contributed by atoms with Crippen LogP contribution in [0.3, 0.4) is 0 Å². The third-order valence-electron chi connectivity index (χ3n) is 4.99. The lowest BCUT2D eigenvalue weighted by atomic mass is 9.99. The maximum atomic E-state index is 5.44. The molecule has 1 aliphatic heterocycles. The molecule has 2 N–H and O–H groups in total. The molecule has 8 heteroatoms. The van der Waals surface area contributed by atoms with Crippen molar-refractivity contribution in [3.8, 4) is 11.5 Å². The van der Waals surface area contributed by atoms with E-state index in [9.17, 15) is 0 Å². The number of guanidine groups is 1. The third kappa shape index (κ3) is 6.53. The van der Waals surface area contributed by atoms with Gasteiger partial charge in [0.2, 0.25) is 0 Å². The van der Waals surface area contributed by atoms with Crippen molar-refractivity contribution in [3.63, 3.8) is 0 Å². The van der Waals surface area contributed by atoms with Crippen LogP contribution < -0.4 is 20.1 Å². The maximum Gasteiger partial charge on any atom is 0.191 e. The molecule has 0 amide bonds. The van der Waals surface area contributed by atoms with Crippen LogP contribution in [0.1, 0.15) is 16.9 Å². The second-order valence-corrected chi connectivity index (χ2v) is 6.76. The van der Waals surface area contributed by atoms with Gasteiger partial charge in [-0.15, -0.1) is 24.0 Å². The van der Waals surface area contributed by atoms with Gasteiger partial charge in [-0.1, -0.05) is 0 Å². The van der Waals surface area contributed by atoms with Crippen molar-refractivity contribution in [2.75, 3.05) is 47.4 Å². The average molecular weight is 514 g/mol. The molecule has 1 aromatic carbocycles. The zero-order valence-corrected chi connectivity index (χ0v) is 19.7. The number of aliphatic imine (C=N–C) groups is 1. The van der Waals surface area contributed by atoms with E-state index in [0.717, 1.165) is 68.8 Å². The molecule has 160 valence electrons. The predicted octanol–water partition coefficient (Wildman–Crippen LogP) is 2.68. The Hall–Kier alpha value is -1.94. The Kier molecular flexibility index (Phi) is 9.59. The van der Waals surface area contributed by atoms with Gasteiger partial charge >= 0.3 is 0 Å². The molecule has 1 aromatic heterocycles. The highest BCUT2D eigenvalue weighted by molar-refractivity contribution is 14.0. The van der Waals surface area contributed by atoms with Crippen molar-refractivity contribution < 1.29 is 13.9 Å². The normalized spacial score (nSPS) is 14.0. The smallest absolute Gasteiger partial charge is 0.191 e. The summed E-state index contributed by atoms with van der Waals surface area (Å²) in [5, 5.41) is 6.70. The molecule has 0 atom stereocenters. The van der Waals surface area contributed by atoms with E-state index in [2.05, 4.69) is 32.7 Å². The number of benzene rings is 1. The number of halogens is 1. The topological polar surface area (TPSA) is 71.3 Å². The molecule has 0 aliphatic carbocycles. The van der Waals surface area contributed by atoms with E-state index >= 15 is 0 Å². The van der Waals surface area contributed by atoms with Crippen molar-refractivity contribution in [2.24, 2.45) is 4.99 Å². The Morgan fingerprint density at radius 3 is 2.52 bits per heavy atom. The summed E-state index contributed by atoms with van der Waals surface area (Å²) >= 11 is 0. The Morgan fingerprint density at radius 2 is 1.86 bits per heavy atom. The van der Waals surface area contributed by atoms with Crippen LogP contribution in [0.25, 0.3) is 0 Å². The number of nitrogens with zero attached hydrogens (tertiary/aromatic N) is 2. The fourth-order valence-corrected chi connectivity index (χ4v) is 3.44. The summed E-state index contributed by atoms with van der Waals surface area (Å²) in [7, 11) is 5.15. The monoisotopic (exact) mass is 514 g/mol. The van der Waals surface area contributed by atoms with Gasteiger partial charge in [0, 0.05) is 46.2 Å². The molecular weight excluding hydrogens is 483 g/mol. The van der Waals surface area contributed by atoms with Gasteiger partial charge in [-0.2, -0.15) is 0 Å².